The Balaban J connectivity index is 1.54. The van der Waals surface area contributed by atoms with E-state index >= 15 is 0 Å². The Kier molecular flexibility index (Phi) is 9.49. The summed E-state index contributed by atoms with van der Waals surface area (Å²) < 4.78 is 83.5. The van der Waals surface area contributed by atoms with Gasteiger partial charge < -0.3 is 14.7 Å². The molecule has 0 saturated carbocycles. The van der Waals surface area contributed by atoms with Gasteiger partial charge in [0.15, 0.2) is 6.21 Å². The van der Waals surface area contributed by atoms with Gasteiger partial charge in [-0.1, -0.05) is 27.7 Å². The van der Waals surface area contributed by atoms with Gasteiger partial charge in [0, 0.05) is 61.2 Å². The number of anilines is 2. The third kappa shape index (κ3) is 7.04. The van der Waals surface area contributed by atoms with E-state index in [0.717, 1.165) is 48.5 Å². The number of nitrogens with zero attached hydrogens (tertiary/aromatic N) is 4. The van der Waals surface area contributed by atoms with Crippen LogP contribution < -0.4 is 9.80 Å². The van der Waals surface area contributed by atoms with Crippen molar-refractivity contribution in [3.8, 4) is 0 Å². The molecular weight excluding hydrogens is 590 g/mol. The molecule has 0 radical (unpaired) electrons. The van der Waals surface area contributed by atoms with Crippen molar-refractivity contribution < 1.29 is 30.9 Å². The lowest BCUT2D eigenvalue weighted by Gasteiger charge is -2.33. The van der Waals surface area contributed by atoms with E-state index in [1.54, 1.807) is 12.1 Å². The summed E-state index contributed by atoms with van der Waals surface area (Å²) in [5.41, 5.74) is 1.44. The first-order valence-corrected chi connectivity index (χ1v) is 15.3. The van der Waals surface area contributed by atoms with Gasteiger partial charge in [-0.2, -0.15) is 26.3 Å². The van der Waals surface area contributed by atoms with E-state index in [2.05, 4.69) is 15.9 Å². The molecule has 0 saturated heterocycles. The first kappa shape index (κ1) is 34.4. The number of hydrogen-bond acceptors (Lipinski definition) is 3. The maximum absolute atomic E-state index is 13.6. The van der Waals surface area contributed by atoms with E-state index in [4.69, 9.17) is 0 Å². The predicted molar refractivity (Wildman–Crippen MR) is 170 cm³/mol. The van der Waals surface area contributed by atoms with Gasteiger partial charge in [0.2, 0.25) is 0 Å². The minimum atomic E-state index is -4.42. The molecule has 10 heteroatoms. The molecule has 1 atom stereocenters. The van der Waals surface area contributed by atoms with Crippen LogP contribution in [0.3, 0.4) is 0 Å². The normalized spacial score (nSPS) is 19.8. The van der Waals surface area contributed by atoms with E-state index in [1.807, 2.05) is 83.9 Å². The third-order valence-corrected chi connectivity index (χ3v) is 9.00. The zero-order valence-corrected chi connectivity index (χ0v) is 27.4. The number of allylic oxidation sites excluding steroid dienone is 2. The van der Waals surface area contributed by atoms with E-state index < -0.39 is 34.3 Å². The average molecular weight is 636 g/mol. The maximum atomic E-state index is 13.6. The summed E-state index contributed by atoms with van der Waals surface area (Å²) in [6, 6.07) is 7.94. The second-order valence-corrected chi connectivity index (χ2v) is 13.6. The molecule has 0 aliphatic carbocycles. The molecular formula is C35H45F6N4+. The van der Waals surface area contributed by atoms with Crippen molar-refractivity contribution in [1.82, 2.24) is 4.90 Å². The molecule has 2 heterocycles. The van der Waals surface area contributed by atoms with Gasteiger partial charge in [0.1, 0.15) is 14.1 Å². The molecule has 2 aromatic carbocycles. The number of hydrogen-bond donors (Lipinski definition) is 0. The molecule has 2 aromatic rings. The van der Waals surface area contributed by atoms with Crippen LogP contribution in [0.5, 0.6) is 0 Å². The number of halogens is 6. The van der Waals surface area contributed by atoms with Crippen LogP contribution in [-0.2, 0) is 23.2 Å². The standard InChI is InChI=1S/C35H45F6N4/c1-32(2)26-22-24(34(36,37)38)12-14-28(26)44(30(32)16-20-42(5)6)18-10-9-11-19-45-29-15-13-25(35(39,40)41)23-27(29)33(3,4)31(45)17-21-43(7)8/h12-17,20-23,30H,9-11,18-19H2,1-8H3/q+1. The molecule has 0 aromatic heterocycles. The zero-order chi connectivity index (χ0) is 33.5. The quantitative estimate of drug-likeness (QED) is 0.119. The van der Waals surface area contributed by atoms with Crippen molar-refractivity contribution in [1.29, 1.82) is 0 Å². The molecule has 4 rings (SSSR count). The fourth-order valence-electron chi connectivity index (χ4n) is 6.58. The highest BCUT2D eigenvalue weighted by Gasteiger charge is 2.45. The Morgan fingerprint density at radius 1 is 0.800 bits per heavy atom. The highest BCUT2D eigenvalue weighted by Crippen LogP contribution is 2.50. The average Bonchev–Trinajstić information content (AvgIpc) is 3.27. The van der Waals surface area contributed by atoms with E-state index in [9.17, 15) is 26.3 Å². The van der Waals surface area contributed by atoms with E-state index in [0.29, 0.717) is 24.2 Å². The molecule has 45 heavy (non-hydrogen) atoms. The van der Waals surface area contributed by atoms with Gasteiger partial charge in [-0.15, -0.1) is 0 Å². The monoisotopic (exact) mass is 635 g/mol. The van der Waals surface area contributed by atoms with Gasteiger partial charge >= 0.3 is 12.4 Å². The Bertz CT molecular complexity index is 1480. The van der Waals surface area contributed by atoms with Crippen LogP contribution in [0.25, 0.3) is 0 Å². The van der Waals surface area contributed by atoms with Crippen molar-refractivity contribution in [3.05, 3.63) is 82.7 Å². The highest BCUT2D eigenvalue weighted by atomic mass is 19.4. The number of fused-ring (bicyclic) bond motifs is 2. The molecule has 0 amide bonds. The minimum absolute atomic E-state index is 0.122. The van der Waals surface area contributed by atoms with Crippen molar-refractivity contribution in [3.63, 3.8) is 0 Å². The Morgan fingerprint density at radius 2 is 1.36 bits per heavy atom. The van der Waals surface area contributed by atoms with Crippen molar-refractivity contribution >= 4 is 17.6 Å². The van der Waals surface area contributed by atoms with Crippen molar-refractivity contribution in [2.24, 2.45) is 0 Å². The summed E-state index contributed by atoms with van der Waals surface area (Å²) in [7, 11) is 7.64. The van der Waals surface area contributed by atoms with Gasteiger partial charge in [-0.25, -0.2) is 4.58 Å². The Hall–Kier alpha value is -3.43. The van der Waals surface area contributed by atoms with Crippen LogP contribution in [0.2, 0.25) is 0 Å². The van der Waals surface area contributed by atoms with Crippen LogP contribution in [0, 0.1) is 0 Å². The Labute approximate surface area is 263 Å². The van der Waals surface area contributed by atoms with Crippen LogP contribution in [-0.4, -0.2) is 63.0 Å². The summed E-state index contributed by atoms with van der Waals surface area (Å²) in [6.45, 7) is 9.20. The van der Waals surface area contributed by atoms with Gasteiger partial charge in [0.05, 0.1) is 17.2 Å². The molecule has 2 aliphatic rings. The van der Waals surface area contributed by atoms with Crippen LogP contribution in [0.4, 0.5) is 37.7 Å². The van der Waals surface area contributed by atoms with Crippen LogP contribution >= 0.6 is 0 Å². The van der Waals surface area contributed by atoms with Gasteiger partial charge in [-0.3, -0.25) is 0 Å². The lowest BCUT2D eigenvalue weighted by Crippen LogP contribution is -2.40. The minimum Gasteiger partial charge on any atom is -0.384 e. The summed E-state index contributed by atoms with van der Waals surface area (Å²) in [5.74, 6) is 0. The van der Waals surface area contributed by atoms with Crippen molar-refractivity contribution in [2.45, 2.75) is 76.2 Å². The molecule has 246 valence electrons. The summed E-state index contributed by atoms with van der Waals surface area (Å²) in [5, 5.41) is 0. The van der Waals surface area contributed by atoms with Gasteiger partial charge in [-0.05, 0) is 79.1 Å². The molecule has 4 nitrogen and oxygen atoms in total. The SMILES string of the molecule is CN(C)C=CC1N(CCCCCN2C(=CC=[N+](C)C)C(C)(C)c3cc(C(F)(F)F)ccc32)c2ccc(C(F)(F)F)cc2C1(C)C. The number of rotatable bonds is 9. The fraction of sp³-hybridized carbons (Fsp3) is 0.514. The molecule has 0 N–H and O–H groups in total. The van der Waals surface area contributed by atoms with Gasteiger partial charge in [0.25, 0.3) is 0 Å². The lowest BCUT2D eigenvalue weighted by atomic mass is 9.80. The molecule has 0 fully saturated rings. The van der Waals surface area contributed by atoms with Crippen LogP contribution in [0.15, 0.2) is 60.4 Å². The van der Waals surface area contributed by atoms with E-state index in [-0.39, 0.29) is 6.04 Å². The molecule has 0 bridgehead atoms. The molecule has 1 unspecified atom stereocenters. The Morgan fingerprint density at radius 3 is 1.91 bits per heavy atom. The fourth-order valence-corrected chi connectivity index (χ4v) is 6.58. The smallest absolute Gasteiger partial charge is 0.384 e. The lowest BCUT2D eigenvalue weighted by molar-refractivity contribution is -0.458. The number of benzene rings is 2. The highest BCUT2D eigenvalue weighted by molar-refractivity contribution is 5.78. The third-order valence-electron chi connectivity index (χ3n) is 9.00. The largest absolute Gasteiger partial charge is 0.416 e. The van der Waals surface area contributed by atoms with Crippen molar-refractivity contribution in [2.75, 3.05) is 51.1 Å². The summed E-state index contributed by atoms with van der Waals surface area (Å²) in [4.78, 5) is 6.26. The second kappa shape index (κ2) is 12.4. The molecule has 2 aliphatic heterocycles. The zero-order valence-electron chi connectivity index (χ0n) is 27.4. The first-order valence-electron chi connectivity index (χ1n) is 15.3. The summed E-state index contributed by atoms with van der Waals surface area (Å²) >= 11 is 0. The topological polar surface area (TPSA) is 12.7 Å². The first-order chi connectivity index (χ1) is 20.8. The predicted octanol–water partition coefficient (Wildman–Crippen LogP) is 8.46. The summed E-state index contributed by atoms with van der Waals surface area (Å²) in [6.07, 6.45) is 1.51. The maximum Gasteiger partial charge on any atom is 0.416 e. The number of unbranched alkanes of at least 4 members (excludes halogenated alkanes) is 2. The second-order valence-electron chi connectivity index (χ2n) is 13.6. The van der Waals surface area contributed by atoms with Crippen LogP contribution in [0.1, 0.15) is 69.2 Å². The van der Waals surface area contributed by atoms with E-state index in [1.165, 1.54) is 12.1 Å². The molecule has 0 spiro atoms. The number of alkyl halides is 6.